The number of methoxy groups -OCH3 is 1. The van der Waals surface area contributed by atoms with E-state index in [1.165, 1.54) is 0 Å². The standard InChI is InChI=1S/C18H23N3O3/c1-24-13-8-6-12(7-9-13)11-21-17(20-10-16(19)22)14-4-2-3-5-15(14)18(21)23/h6-9,17,20H,2-5,10-11H2,1H3,(H2,19,22). The summed E-state index contributed by atoms with van der Waals surface area (Å²) in [7, 11) is 1.63. The van der Waals surface area contributed by atoms with Crippen LogP contribution in [0.2, 0.25) is 0 Å². The monoisotopic (exact) mass is 329 g/mol. The molecule has 0 spiro atoms. The third-order valence-electron chi connectivity index (χ3n) is 4.65. The highest BCUT2D eigenvalue weighted by molar-refractivity contribution is 5.98. The smallest absolute Gasteiger partial charge is 0.251 e. The Morgan fingerprint density at radius 2 is 2.00 bits per heavy atom. The van der Waals surface area contributed by atoms with Crippen LogP contribution in [0, 0.1) is 0 Å². The Labute approximate surface area is 141 Å². The molecule has 6 nitrogen and oxygen atoms in total. The number of nitrogens with zero attached hydrogens (tertiary/aromatic N) is 1. The van der Waals surface area contributed by atoms with Gasteiger partial charge in [0.2, 0.25) is 5.91 Å². The lowest BCUT2D eigenvalue weighted by Gasteiger charge is -2.28. The summed E-state index contributed by atoms with van der Waals surface area (Å²) in [6.07, 6.45) is 3.61. The number of ether oxygens (including phenoxy) is 1. The van der Waals surface area contributed by atoms with Gasteiger partial charge in [-0.25, -0.2) is 0 Å². The molecule has 3 rings (SSSR count). The third kappa shape index (κ3) is 3.28. The molecule has 1 aliphatic carbocycles. The first-order valence-corrected chi connectivity index (χ1v) is 8.27. The van der Waals surface area contributed by atoms with Gasteiger partial charge in [0, 0.05) is 12.1 Å². The maximum atomic E-state index is 12.8. The van der Waals surface area contributed by atoms with Crippen molar-refractivity contribution in [2.75, 3.05) is 13.7 Å². The Balaban J connectivity index is 1.80. The molecular formula is C18H23N3O3. The molecule has 0 radical (unpaired) electrons. The summed E-state index contributed by atoms with van der Waals surface area (Å²) in [5, 5.41) is 3.15. The van der Waals surface area contributed by atoms with E-state index in [1.54, 1.807) is 12.0 Å². The van der Waals surface area contributed by atoms with Gasteiger partial charge in [0.1, 0.15) is 11.9 Å². The predicted molar refractivity (Wildman–Crippen MR) is 90.0 cm³/mol. The Morgan fingerprint density at radius 1 is 1.29 bits per heavy atom. The zero-order valence-corrected chi connectivity index (χ0v) is 13.9. The largest absolute Gasteiger partial charge is 0.497 e. The van der Waals surface area contributed by atoms with Gasteiger partial charge in [-0.05, 0) is 49.0 Å². The van der Waals surface area contributed by atoms with Gasteiger partial charge in [0.15, 0.2) is 0 Å². The van der Waals surface area contributed by atoms with E-state index in [0.717, 1.165) is 48.1 Å². The molecule has 1 atom stereocenters. The summed E-state index contributed by atoms with van der Waals surface area (Å²) in [6.45, 7) is 0.556. The van der Waals surface area contributed by atoms with Gasteiger partial charge in [0.05, 0.1) is 13.7 Å². The van der Waals surface area contributed by atoms with Gasteiger partial charge in [-0.1, -0.05) is 12.1 Å². The number of primary amides is 1. The minimum Gasteiger partial charge on any atom is -0.497 e. The predicted octanol–water partition coefficient (Wildman–Crippen LogP) is 1.31. The zero-order chi connectivity index (χ0) is 17.1. The molecule has 2 amide bonds. The third-order valence-corrected chi connectivity index (χ3v) is 4.65. The number of rotatable bonds is 6. The molecule has 24 heavy (non-hydrogen) atoms. The molecule has 1 aromatic carbocycles. The van der Waals surface area contributed by atoms with Crippen LogP contribution < -0.4 is 15.8 Å². The maximum absolute atomic E-state index is 12.8. The number of hydrogen-bond acceptors (Lipinski definition) is 4. The average molecular weight is 329 g/mol. The van der Waals surface area contributed by atoms with Gasteiger partial charge in [-0.2, -0.15) is 0 Å². The molecule has 1 aliphatic heterocycles. The van der Waals surface area contributed by atoms with Crippen molar-refractivity contribution in [3.05, 3.63) is 41.0 Å². The van der Waals surface area contributed by atoms with Crippen molar-refractivity contribution in [3.8, 4) is 5.75 Å². The van der Waals surface area contributed by atoms with E-state index in [2.05, 4.69) is 5.32 Å². The van der Waals surface area contributed by atoms with Crippen LogP contribution in [0.15, 0.2) is 35.4 Å². The fourth-order valence-electron chi connectivity index (χ4n) is 3.47. The molecule has 0 saturated heterocycles. The molecule has 1 heterocycles. The number of nitrogens with one attached hydrogen (secondary N) is 1. The molecule has 128 valence electrons. The molecule has 0 fully saturated rings. The van der Waals surface area contributed by atoms with Crippen LogP contribution in [0.25, 0.3) is 0 Å². The van der Waals surface area contributed by atoms with Crippen LogP contribution in [0.5, 0.6) is 5.75 Å². The number of benzene rings is 1. The molecule has 0 saturated carbocycles. The minimum atomic E-state index is -0.420. The first-order chi connectivity index (χ1) is 11.6. The van der Waals surface area contributed by atoms with Crippen molar-refractivity contribution in [2.24, 2.45) is 5.73 Å². The van der Waals surface area contributed by atoms with Crippen molar-refractivity contribution in [2.45, 2.75) is 38.4 Å². The van der Waals surface area contributed by atoms with Gasteiger partial charge < -0.3 is 15.4 Å². The van der Waals surface area contributed by atoms with Crippen LogP contribution in [-0.4, -0.2) is 36.5 Å². The molecule has 1 unspecified atom stereocenters. The lowest BCUT2D eigenvalue weighted by atomic mass is 9.92. The fraction of sp³-hybridized carbons (Fsp3) is 0.444. The number of hydrogen-bond donors (Lipinski definition) is 2. The second-order valence-electron chi connectivity index (χ2n) is 6.24. The van der Waals surface area contributed by atoms with Crippen LogP contribution in [0.3, 0.4) is 0 Å². The Kier molecular flexibility index (Phi) is 4.85. The second kappa shape index (κ2) is 7.05. The molecule has 3 N–H and O–H groups in total. The van der Waals surface area contributed by atoms with Crippen molar-refractivity contribution < 1.29 is 14.3 Å². The van der Waals surface area contributed by atoms with E-state index < -0.39 is 5.91 Å². The Bertz CT molecular complexity index is 667. The zero-order valence-electron chi connectivity index (χ0n) is 13.9. The number of amides is 2. The van der Waals surface area contributed by atoms with Crippen LogP contribution in [-0.2, 0) is 16.1 Å². The second-order valence-corrected chi connectivity index (χ2v) is 6.24. The summed E-state index contributed by atoms with van der Waals surface area (Å²) < 4.78 is 5.17. The molecule has 6 heteroatoms. The molecule has 0 bridgehead atoms. The molecule has 1 aromatic rings. The lowest BCUT2D eigenvalue weighted by molar-refractivity contribution is -0.128. The minimum absolute atomic E-state index is 0.0633. The Morgan fingerprint density at radius 3 is 2.67 bits per heavy atom. The van der Waals surface area contributed by atoms with Crippen molar-refractivity contribution in [1.82, 2.24) is 10.2 Å². The first kappa shape index (κ1) is 16.5. The number of carbonyl (C=O) groups excluding carboxylic acids is 2. The van der Waals surface area contributed by atoms with Crippen molar-refractivity contribution in [3.63, 3.8) is 0 Å². The van der Waals surface area contributed by atoms with E-state index >= 15 is 0 Å². The first-order valence-electron chi connectivity index (χ1n) is 8.27. The van der Waals surface area contributed by atoms with Crippen LogP contribution in [0.4, 0.5) is 0 Å². The SMILES string of the molecule is COc1ccc(CN2C(=O)C3=C(CCCC3)C2NCC(N)=O)cc1. The van der Waals surface area contributed by atoms with E-state index in [-0.39, 0.29) is 18.6 Å². The topological polar surface area (TPSA) is 84.7 Å². The summed E-state index contributed by atoms with van der Waals surface area (Å²) in [5.41, 5.74) is 8.33. The van der Waals surface area contributed by atoms with Gasteiger partial charge in [-0.15, -0.1) is 0 Å². The summed E-state index contributed by atoms with van der Waals surface area (Å²) >= 11 is 0. The van der Waals surface area contributed by atoms with Crippen molar-refractivity contribution in [1.29, 1.82) is 0 Å². The van der Waals surface area contributed by atoms with Crippen LogP contribution in [0.1, 0.15) is 31.2 Å². The number of carbonyl (C=O) groups is 2. The van der Waals surface area contributed by atoms with Gasteiger partial charge in [-0.3, -0.25) is 14.9 Å². The highest BCUT2D eigenvalue weighted by atomic mass is 16.5. The summed E-state index contributed by atoms with van der Waals surface area (Å²) in [5.74, 6) is 0.437. The van der Waals surface area contributed by atoms with Crippen molar-refractivity contribution >= 4 is 11.8 Å². The van der Waals surface area contributed by atoms with Gasteiger partial charge >= 0.3 is 0 Å². The van der Waals surface area contributed by atoms with Gasteiger partial charge in [0.25, 0.3) is 5.91 Å². The van der Waals surface area contributed by atoms with E-state index in [9.17, 15) is 9.59 Å². The average Bonchev–Trinajstić information content (AvgIpc) is 2.86. The summed E-state index contributed by atoms with van der Waals surface area (Å²) in [4.78, 5) is 25.8. The van der Waals surface area contributed by atoms with E-state index in [1.807, 2.05) is 24.3 Å². The molecule has 2 aliphatic rings. The maximum Gasteiger partial charge on any atom is 0.251 e. The van der Waals surface area contributed by atoms with E-state index in [4.69, 9.17) is 10.5 Å². The van der Waals surface area contributed by atoms with Crippen LogP contribution >= 0.6 is 0 Å². The fourth-order valence-corrected chi connectivity index (χ4v) is 3.47. The Hall–Kier alpha value is -2.34. The lowest BCUT2D eigenvalue weighted by Crippen LogP contribution is -2.47. The normalized spacial score (nSPS) is 20.3. The quantitative estimate of drug-likeness (QED) is 0.824. The molecule has 0 aromatic heterocycles. The molecular weight excluding hydrogens is 306 g/mol. The highest BCUT2D eigenvalue weighted by Gasteiger charge is 2.39. The summed E-state index contributed by atoms with van der Waals surface area (Å²) in [6, 6.07) is 7.67. The number of nitrogens with two attached hydrogens (primary N) is 1. The highest BCUT2D eigenvalue weighted by Crippen LogP contribution is 2.36. The van der Waals surface area contributed by atoms with E-state index in [0.29, 0.717) is 6.54 Å².